The molecule has 190 valence electrons. The molecule has 1 aliphatic carbocycles. The monoisotopic (exact) mass is 516 g/mol. The van der Waals surface area contributed by atoms with Crippen LogP contribution in [0.25, 0.3) is 61.1 Å². The molecule has 6 heteroatoms. The highest BCUT2D eigenvalue weighted by molar-refractivity contribution is 6.11. The van der Waals surface area contributed by atoms with E-state index in [-0.39, 0.29) is 5.41 Å². The smallest absolute Gasteiger partial charge is 0.115 e. The number of pyridine rings is 1. The first-order chi connectivity index (χ1) is 19.6. The molecule has 40 heavy (non-hydrogen) atoms. The number of para-hydroxylation sites is 1. The van der Waals surface area contributed by atoms with Gasteiger partial charge in [0.2, 0.25) is 0 Å². The van der Waals surface area contributed by atoms with Gasteiger partial charge in [-0.3, -0.25) is 0 Å². The zero-order valence-corrected chi connectivity index (χ0v) is 22.1. The van der Waals surface area contributed by atoms with Crippen LogP contribution in [-0.4, -0.2) is 29.5 Å². The predicted molar refractivity (Wildman–Crippen MR) is 158 cm³/mol. The van der Waals surface area contributed by atoms with Gasteiger partial charge in [-0.2, -0.15) is 0 Å². The summed E-state index contributed by atoms with van der Waals surface area (Å²) < 4.78 is 2.35. The molecule has 0 amide bonds. The first kappa shape index (κ1) is 22.7. The Morgan fingerprint density at radius 2 is 1.20 bits per heavy atom. The van der Waals surface area contributed by atoms with Gasteiger partial charge in [-0.05, 0) is 52.6 Å². The van der Waals surface area contributed by atoms with Crippen molar-refractivity contribution in [3.05, 3.63) is 121 Å². The Kier molecular flexibility index (Phi) is 4.76. The van der Waals surface area contributed by atoms with Gasteiger partial charge < -0.3 is 4.57 Å². The van der Waals surface area contributed by atoms with Crippen LogP contribution >= 0.6 is 0 Å². The molecule has 7 aromatic rings. The lowest BCUT2D eigenvalue weighted by atomic mass is 9.82. The van der Waals surface area contributed by atoms with Crippen LogP contribution in [-0.2, 0) is 5.41 Å². The molecular formula is C34H24N6. The molecule has 0 saturated heterocycles. The van der Waals surface area contributed by atoms with Gasteiger partial charge in [0.25, 0.3) is 0 Å². The molecule has 0 spiro atoms. The molecule has 4 heterocycles. The molecule has 6 nitrogen and oxygen atoms in total. The molecule has 3 aromatic carbocycles. The maximum absolute atomic E-state index is 4.98. The normalized spacial score (nSPS) is 13.4. The Bertz CT molecular complexity index is 2020. The molecule has 0 fully saturated rings. The van der Waals surface area contributed by atoms with Gasteiger partial charge in [-0.1, -0.05) is 56.3 Å². The molecule has 0 aliphatic heterocycles. The Balaban J connectivity index is 1.46. The third-order valence-corrected chi connectivity index (χ3v) is 8.16. The van der Waals surface area contributed by atoms with Crippen LogP contribution in [0.5, 0.6) is 0 Å². The average molecular weight is 517 g/mol. The number of benzene rings is 3. The van der Waals surface area contributed by atoms with Crippen molar-refractivity contribution in [2.75, 3.05) is 0 Å². The summed E-state index contributed by atoms with van der Waals surface area (Å²) in [6.45, 7) is 4.65. The van der Waals surface area contributed by atoms with E-state index in [2.05, 4.69) is 111 Å². The van der Waals surface area contributed by atoms with Crippen molar-refractivity contribution in [3.63, 3.8) is 0 Å². The van der Waals surface area contributed by atoms with Crippen LogP contribution in [0.2, 0.25) is 0 Å². The highest BCUT2D eigenvalue weighted by Crippen LogP contribution is 2.51. The summed E-state index contributed by atoms with van der Waals surface area (Å²) in [7, 11) is 0. The Hall–Kier alpha value is -5.23. The van der Waals surface area contributed by atoms with Crippen LogP contribution in [0.15, 0.2) is 110 Å². The fourth-order valence-electron chi connectivity index (χ4n) is 6.25. The van der Waals surface area contributed by atoms with E-state index in [1.807, 2.05) is 0 Å². The van der Waals surface area contributed by atoms with Crippen LogP contribution in [0.1, 0.15) is 25.0 Å². The molecule has 0 saturated carbocycles. The van der Waals surface area contributed by atoms with Crippen molar-refractivity contribution in [2.45, 2.75) is 19.3 Å². The Labute approximate surface area is 231 Å². The van der Waals surface area contributed by atoms with Gasteiger partial charge in [0.1, 0.15) is 12.7 Å². The molecule has 0 bridgehead atoms. The molecule has 8 rings (SSSR count). The second kappa shape index (κ2) is 8.38. The van der Waals surface area contributed by atoms with E-state index in [1.54, 1.807) is 24.8 Å². The van der Waals surface area contributed by atoms with Crippen LogP contribution in [0, 0.1) is 0 Å². The van der Waals surface area contributed by atoms with Gasteiger partial charge in [0.05, 0.1) is 28.1 Å². The summed E-state index contributed by atoms with van der Waals surface area (Å²) in [6, 6.07) is 26.4. The van der Waals surface area contributed by atoms with Crippen molar-refractivity contribution < 1.29 is 0 Å². The van der Waals surface area contributed by atoms with Gasteiger partial charge in [-0.15, -0.1) is 0 Å². The first-order valence-corrected chi connectivity index (χ1v) is 13.3. The van der Waals surface area contributed by atoms with Gasteiger partial charge >= 0.3 is 0 Å². The summed E-state index contributed by atoms with van der Waals surface area (Å²) in [4.78, 5) is 22.0. The number of hydrogen-bond acceptors (Lipinski definition) is 5. The lowest BCUT2D eigenvalue weighted by Crippen LogP contribution is -2.15. The standard InChI is InChI=1S/C34H24N6/c1-34(2)28-9-5-3-7-24(28)26-13-27-25-8-4-6-10-32(25)40(33(27)14-29(26)34)23-11-30(21-15-35-19-36-16-21)39-31(12-23)22-17-37-20-38-18-22/h3-20H,1-2H3. The van der Waals surface area contributed by atoms with E-state index in [0.29, 0.717) is 0 Å². The molecule has 4 aromatic heterocycles. The maximum atomic E-state index is 4.98. The topological polar surface area (TPSA) is 69.4 Å². The van der Waals surface area contributed by atoms with Crippen LogP contribution in [0.3, 0.4) is 0 Å². The molecule has 0 unspecified atom stereocenters. The van der Waals surface area contributed by atoms with Crippen molar-refractivity contribution in [1.82, 2.24) is 29.5 Å². The zero-order chi connectivity index (χ0) is 26.8. The number of fused-ring (bicyclic) bond motifs is 6. The lowest BCUT2D eigenvalue weighted by molar-refractivity contribution is 0.661. The minimum absolute atomic E-state index is 0.0985. The van der Waals surface area contributed by atoms with Gasteiger partial charge in [0, 0.05) is 52.1 Å². The minimum Gasteiger partial charge on any atom is -0.309 e. The third-order valence-electron chi connectivity index (χ3n) is 8.16. The summed E-state index contributed by atoms with van der Waals surface area (Å²) in [5.41, 5.74) is 11.8. The quantitative estimate of drug-likeness (QED) is 0.245. The van der Waals surface area contributed by atoms with E-state index in [0.717, 1.165) is 39.2 Å². The number of nitrogens with zero attached hydrogens (tertiary/aromatic N) is 6. The second-order valence-corrected chi connectivity index (χ2v) is 10.8. The van der Waals surface area contributed by atoms with E-state index < -0.39 is 0 Å². The van der Waals surface area contributed by atoms with Crippen LogP contribution < -0.4 is 0 Å². The van der Waals surface area contributed by atoms with E-state index in [4.69, 9.17) is 4.98 Å². The average Bonchev–Trinajstić information content (AvgIpc) is 3.45. The van der Waals surface area contributed by atoms with E-state index >= 15 is 0 Å². The SMILES string of the molecule is CC1(C)c2ccccc2-c2cc3c4ccccc4n(-c4cc(-c5cncnc5)nc(-c5cncnc5)c4)c3cc21. The van der Waals surface area contributed by atoms with E-state index in [1.165, 1.54) is 45.7 Å². The maximum Gasteiger partial charge on any atom is 0.115 e. The molecule has 1 aliphatic rings. The highest BCUT2D eigenvalue weighted by Gasteiger charge is 2.36. The molecule has 0 atom stereocenters. The van der Waals surface area contributed by atoms with Gasteiger partial charge in [0.15, 0.2) is 0 Å². The largest absolute Gasteiger partial charge is 0.309 e. The number of aromatic nitrogens is 6. The van der Waals surface area contributed by atoms with Crippen molar-refractivity contribution >= 4 is 21.8 Å². The predicted octanol–water partition coefficient (Wildman–Crippen LogP) is 7.40. The zero-order valence-electron chi connectivity index (χ0n) is 22.1. The first-order valence-electron chi connectivity index (χ1n) is 13.3. The summed E-state index contributed by atoms with van der Waals surface area (Å²) in [5, 5.41) is 2.45. The number of rotatable bonds is 3. The Morgan fingerprint density at radius 3 is 1.90 bits per heavy atom. The van der Waals surface area contributed by atoms with Crippen molar-refractivity contribution in [3.8, 4) is 39.3 Å². The summed E-state index contributed by atoms with van der Waals surface area (Å²) in [6.07, 6.45) is 10.2. The van der Waals surface area contributed by atoms with Crippen molar-refractivity contribution in [2.24, 2.45) is 0 Å². The second-order valence-electron chi connectivity index (χ2n) is 10.8. The fourth-order valence-corrected chi connectivity index (χ4v) is 6.25. The molecule has 0 radical (unpaired) electrons. The molecule has 0 N–H and O–H groups in total. The van der Waals surface area contributed by atoms with E-state index in [9.17, 15) is 0 Å². The highest BCUT2D eigenvalue weighted by atomic mass is 15.0. The summed E-state index contributed by atoms with van der Waals surface area (Å²) >= 11 is 0. The van der Waals surface area contributed by atoms with Crippen LogP contribution in [0.4, 0.5) is 0 Å². The third kappa shape index (κ3) is 3.26. The minimum atomic E-state index is -0.0985. The van der Waals surface area contributed by atoms with Crippen molar-refractivity contribution in [1.29, 1.82) is 0 Å². The Morgan fingerprint density at radius 1 is 0.575 bits per heavy atom. The summed E-state index contributed by atoms with van der Waals surface area (Å²) in [5.74, 6) is 0. The molecular weight excluding hydrogens is 492 g/mol. The fraction of sp³-hybridized carbons (Fsp3) is 0.0882. The number of hydrogen-bond donors (Lipinski definition) is 0. The van der Waals surface area contributed by atoms with Gasteiger partial charge in [-0.25, -0.2) is 24.9 Å². The lowest BCUT2D eigenvalue weighted by Gasteiger charge is -2.21.